The first-order valence-electron chi connectivity index (χ1n) is 6.90. The van der Waals surface area contributed by atoms with Crippen molar-refractivity contribution < 1.29 is 2.74 Å². The Balaban J connectivity index is 2.07. The quantitative estimate of drug-likeness (QED) is 0.623. The van der Waals surface area contributed by atoms with E-state index >= 15 is 0 Å². The second kappa shape index (κ2) is 4.13. The second-order valence-corrected chi connectivity index (χ2v) is 4.40. The van der Waals surface area contributed by atoms with Gasteiger partial charge in [-0.2, -0.15) is 0 Å². The van der Waals surface area contributed by atoms with E-state index < -0.39 is 0 Å². The highest BCUT2D eigenvalue weighted by Gasteiger charge is 2.03. The van der Waals surface area contributed by atoms with E-state index in [1.807, 2.05) is 24.3 Å². The predicted molar refractivity (Wildman–Crippen MR) is 67.7 cm³/mol. The van der Waals surface area contributed by atoms with Crippen molar-refractivity contribution in [3.63, 3.8) is 0 Å². The van der Waals surface area contributed by atoms with Crippen molar-refractivity contribution in [1.29, 1.82) is 0 Å². The van der Waals surface area contributed by atoms with Crippen molar-refractivity contribution >= 4 is 0 Å². The zero-order valence-corrected chi connectivity index (χ0v) is 9.29. The first-order chi connectivity index (χ1) is 8.75. The van der Waals surface area contributed by atoms with Crippen LogP contribution in [0.5, 0.6) is 0 Å². The van der Waals surface area contributed by atoms with Crippen LogP contribution in [-0.4, -0.2) is 0 Å². The molecule has 0 spiro atoms. The van der Waals surface area contributed by atoms with Gasteiger partial charge in [0.1, 0.15) is 0 Å². The van der Waals surface area contributed by atoms with Crippen LogP contribution in [0, 0.1) is 0 Å². The van der Waals surface area contributed by atoms with Gasteiger partial charge in [0.05, 0.1) is 2.74 Å². The molecule has 0 radical (unpaired) electrons. The molecule has 0 N–H and O–H groups in total. The Kier molecular flexibility index (Phi) is 1.98. The molecule has 0 unspecified atom stereocenters. The normalized spacial score (nSPS) is 16.2. The lowest BCUT2D eigenvalue weighted by atomic mass is 9.95. The van der Waals surface area contributed by atoms with Gasteiger partial charge < -0.3 is 0 Å². The van der Waals surface area contributed by atoms with Gasteiger partial charge in [-0.3, -0.25) is 0 Å². The summed E-state index contributed by atoms with van der Waals surface area (Å²) in [4.78, 5) is 0. The largest absolute Gasteiger partial charge is 0.0629 e. The molecule has 0 nitrogen and oxygen atoms in total. The Morgan fingerprint density at radius 3 is 1.25 bits per heavy atom. The van der Waals surface area contributed by atoms with Gasteiger partial charge >= 0.3 is 0 Å². The van der Waals surface area contributed by atoms with Crippen molar-refractivity contribution in [3.05, 3.63) is 70.7 Å². The van der Waals surface area contributed by atoms with E-state index in [2.05, 4.69) is 12.1 Å². The predicted octanol–water partition coefficient (Wildman–Crippen LogP) is 3.57. The summed E-state index contributed by atoms with van der Waals surface area (Å²) in [5, 5.41) is 0. The maximum Gasteiger partial charge on any atom is 0.0629 e. The second-order valence-electron chi connectivity index (χ2n) is 4.40. The highest BCUT2D eigenvalue weighted by Crippen LogP contribution is 2.16. The highest BCUT2D eigenvalue weighted by molar-refractivity contribution is 5.30. The van der Waals surface area contributed by atoms with Gasteiger partial charge in [0.2, 0.25) is 0 Å². The van der Waals surface area contributed by atoms with Crippen LogP contribution >= 0.6 is 0 Å². The molecule has 0 heterocycles. The van der Waals surface area contributed by atoms with Gasteiger partial charge in [0.15, 0.2) is 0 Å². The fourth-order valence-corrected chi connectivity index (χ4v) is 2.26. The fourth-order valence-electron chi connectivity index (χ4n) is 2.26. The van der Waals surface area contributed by atoms with E-state index in [0.29, 0.717) is 12.1 Å². The van der Waals surface area contributed by atoms with Gasteiger partial charge in [0, 0.05) is 0 Å². The van der Waals surface area contributed by atoms with Gasteiger partial charge in [-0.15, -0.1) is 0 Å². The van der Waals surface area contributed by atoms with E-state index in [-0.39, 0.29) is 0 Å². The lowest BCUT2D eigenvalue weighted by molar-refractivity contribution is 0.904. The first-order valence-corrected chi connectivity index (χ1v) is 5.90. The Morgan fingerprint density at radius 2 is 0.938 bits per heavy atom. The molecule has 0 saturated heterocycles. The van der Waals surface area contributed by atoms with Gasteiger partial charge in [-0.1, -0.05) is 48.5 Å². The van der Waals surface area contributed by atoms with Crippen LogP contribution in [0.4, 0.5) is 0 Å². The van der Waals surface area contributed by atoms with Crippen molar-refractivity contribution in [2.75, 3.05) is 0 Å². The molecular weight excluding hydrogens is 192 g/mol. The third-order valence-electron chi connectivity index (χ3n) is 3.16. The van der Waals surface area contributed by atoms with E-state index in [0.717, 1.165) is 47.9 Å². The van der Waals surface area contributed by atoms with Gasteiger partial charge in [-0.25, -0.2) is 0 Å². The Morgan fingerprint density at radius 1 is 0.625 bits per heavy atom. The standard InChI is InChI=1S/C16H16/c1-3-13-7-9-15-5-2-6-16(12-15)10-8-14(4-1)11-13/h1-6,11-12H,7-10H2/i11D,12D. The van der Waals surface area contributed by atoms with Crippen molar-refractivity contribution in [2.45, 2.75) is 25.7 Å². The van der Waals surface area contributed by atoms with Crippen LogP contribution in [0.2, 0.25) is 0 Å². The van der Waals surface area contributed by atoms with E-state index in [9.17, 15) is 0 Å². The lowest BCUT2D eigenvalue weighted by Gasteiger charge is -2.10. The molecular formula is C16H16. The summed E-state index contributed by atoms with van der Waals surface area (Å²) in [5.74, 6) is 0. The summed E-state index contributed by atoms with van der Waals surface area (Å²) < 4.78 is 16.4. The fraction of sp³-hybridized carbons (Fsp3) is 0.250. The number of fused-ring (bicyclic) bond motifs is 4. The van der Waals surface area contributed by atoms with E-state index in [1.165, 1.54) is 0 Å². The SMILES string of the molecule is [2H]c1c2cccc1CCc1cccc(c1[2H])CC2. The summed E-state index contributed by atoms with van der Waals surface area (Å²) in [6.45, 7) is 0. The summed E-state index contributed by atoms with van der Waals surface area (Å²) in [5.41, 5.74) is 4.44. The summed E-state index contributed by atoms with van der Waals surface area (Å²) in [6.07, 6.45) is 3.45. The van der Waals surface area contributed by atoms with Gasteiger partial charge in [0.25, 0.3) is 0 Å². The molecule has 0 heteroatoms. The number of hydrogen-bond acceptors (Lipinski definition) is 0. The summed E-state index contributed by atoms with van der Waals surface area (Å²) in [7, 11) is 0. The average molecular weight is 210 g/mol. The van der Waals surface area contributed by atoms with E-state index in [4.69, 9.17) is 2.74 Å². The molecule has 3 rings (SSSR count). The molecule has 1 aliphatic carbocycles. The molecule has 16 heavy (non-hydrogen) atoms. The minimum absolute atomic E-state index is 0.703. The molecule has 0 amide bonds. The Hall–Kier alpha value is -1.56. The summed E-state index contributed by atoms with van der Waals surface area (Å²) >= 11 is 0. The van der Waals surface area contributed by atoms with Crippen LogP contribution in [0.15, 0.2) is 48.5 Å². The molecule has 80 valence electrons. The maximum absolute atomic E-state index is 8.21. The molecule has 0 fully saturated rings. The molecule has 2 aromatic carbocycles. The first kappa shape index (κ1) is 7.67. The molecule has 0 saturated carbocycles. The Bertz CT molecular complexity index is 490. The lowest BCUT2D eigenvalue weighted by Crippen LogP contribution is -1.99. The third kappa shape index (κ3) is 2.01. The van der Waals surface area contributed by atoms with Crippen LogP contribution in [0.25, 0.3) is 0 Å². The van der Waals surface area contributed by atoms with Crippen molar-refractivity contribution in [3.8, 4) is 0 Å². The molecule has 0 aliphatic heterocycles. The smallest absolute Gasteiger partial charge is 0.0617 e. The van der Waals surface area contributed by atoms with Crippen LogP contribution in [-0.2, 0) is 25.7 Å². The molecule has 4 bridgehead atoms. The third-order valence-corrected chi connectivity index (χ3v) is 3.16. The Labute approximate surface area is 99.8 Å². The molecule has 0 atom stereocenters. The van der Waals surface area contributed by atoms with Crippen LogP contribution in [0.1, 0.15) is 25.0 Å². The van der Waals surface area contributed by atoms with Crippen LogP contribution < -0.4 is 0 Å². The molecule has 1 aliphatic rings. The number of rotatable bonds is 0. The number of benzene rings is 2. The minimum Gasteiger partial charge on any atom is -0.0617 e. The van der Waals surface area contributed by atoms with Crippen molar-refractivity contribution in [1.82, 2.24) is 0 Å². The number of hydrogen-bond donors (Lipinski definition) is 0. The molecule has 2 aromatic rings. The number of aryl methyl sites for hydroxylation is 4. The zero-order valence-electron chi connectivity index (χ0n) is 11.3. The molecule has 0 aromatic heterocycles. The average Bonchev–Trinajstić information content (AvgIpc) is 2.38. The maximum atomic E-state index is 8.21. The van der Waals surface area contributed by atoms with Crippen LogP contribution in [0.3, 0.4) is 0 Å². The van der Waals surface area contributed by atoms with Gasteiger partial charge in [-0.05, 0) is 47.9 Å². The zero-order chi connectivity index (χ0) is 12.5. The summed E-state index contributed by atoms with van der Waals surface area (Å²) in [6, 6.07) is 13.7. The monoisotopic (exact) mass is 210 g/mol. The topological polar surface area (TPSA) is 0 Å². The minimum atomic E-state index is 0.703. The van der Waals surface area contributed by atoms with E-state index in [1.54, 1.807) is 0 Å². The highest BCUT2D eigenvalue weighted by atomic mass is 14.1. The van der Waals surface area contributed by atoms with Crippen molar-refractivity contribution in [2.24, 2.45) is 0 Å².